The Morgan fingerprint density at radius 2 is 1.56 bits per heavy atom. The molecule has 0 atom stereocenters. The van der Waals surface area contributed by atoms with E-state index in [1.54, 1.807) is 12.4 Å². The first-order valence-corrected chi connectivity index (χ1v) is 13.1. The molecular formula is C34H28N2O3. The fraction of sp³-hybridized carbons (Fsp3) is 0.118. The standard InChI is InChI=1S/C34H28N2O3/c1-23-9-2-4-12-26(23)28-14-7-15-29-32(28)31(25-17-19-35-20-18-25)33(34(37)38)36(29)21-8-22-39-30-16-6-11-24-10-3-5-13-27(24)30/h2-7,9-20H,8,21-22H2,1H3,(H,37,38). The van der Waals surface area contributed by atoms with Crippen molar-refractivity contribution in [3.05, 3.63) is 121 Å². The van der Waals surface area contributed by atoms with Crippen LogP contribution in [0.15, 0.2) is 109 Å². The second-order valence-electron chi connectivity index (χ2n) is 9.61. The molecule has 0 saturated carbocycles. The van der Waals surface area contributed by atoms with Crippen LogP contribution < -0.4 is 4.74 Å². The SMILES string of the molecule is Cc1ccccc1-c1cccc2c1c(-c1ccncc1)c(C(=O)O)n2CCCOc1cccc2ccccc12. The Kier molecular flexibility index (Phi) is 6.55. The molecular weight excluding hydrogens is 484 g/mol. The molecule has 39 heavy (non-hydrogen) atoms. The van der Waals surface area contributed by atoms with E-state index in [1.165, 1.54) is 0 Å². The number of fused-ring (bicyclic) bond motifs is 2. The first-order valence-electron chi connectivity index (χ1n) is 13.1. The third kappa shape index (κ3) is 4.53. The number of ether oxygens (including phenoxy) is 1. The zero-order valence-corrected chi connectivity index (χ0v) is 21.7. The third-order valence-electron chi connectivity index (χ3n) is 7.23. The molecule has 5 nitrogen and oxygen atoms in total. The molecule has 0 fully saturated rings. The molecule has 6 aromatic rings. The average molecular weight is 513 g/mol. The monoisotopic (exact) mass is 512 g/mol. The number of benzene rings is 4. The Balaban J connectivity index is 1.43. The van der Waals surface area contributed by atoms with E-state index in [2.05, 4.69) is 48.3 Å². The molecule has 0 saturated heterocycles. The predicted molar refractivity (Wildman–Crippen MR) is 156 cm³/mol. The molecule has 0 radical (unpaired) electrons. The smallest absolute Gasteiger partial charge is 0.353 e. The van der Waals surface area contributed by atoms with Gasteiger partial charge in [-0.2, -0.15) is 0 Å². The number of aromatic carboxylic acids is 1. The lowest BCUT2D eigenvalue weighted by atomic mass is 9.93. The van der Waals surface area contributed by atoms with Crippen LogP contribution in [0.3, 0.4) is 0 Å². The topological polar surface area (TPSA) is 64.3 Å². The molecule has 6 rings (SSSR count). The number of pyridine rings is 1. The minimum Gasteiger partial charge on any atom is -0.493 e. The Labute approximate surface area is 226 Å². The maximum absolute atomic E-state index is 12.8. The Hall–Kier alpha value is -4.90. The summed E-state index contributed by atoms with van der Waals surface area (Å²) in [4.78, 5) is 17.0. The van der Waals surface area contributed by atoms with Crippen molar-refractivity contribution in [3.8, 4) is 28.0 Å². The van der Waals surface area contributed by atoms with E-state index in [-0.39, 0.29) is 5.69 Å². The van der Waals surface area contributed by atoms with Crippen LogP contribution in [-0.4, -0.2) is 27.2 Å². The number of hydrogen-bond donors (Lipinski definition) is 1. The summed E-state index contributed by atoms with van der Waals surface area (Å²) in [6.45, 7) is 3.06. The summed E-state index contributed by atoms with van der Waals surface area (Å²) >= 11 is 0. The van der Waals surface area contributed by atoms with Gasteiger partial charge in [0.05, 0.1) is 6.61 Å². The average Bonchev–Trinajstić information content (AvgIpc) is 3.31. The summed E-state index contributed by atoms with van der Waals surface area (Å²) in [7, 11) is 0. The van der Waals surface area contributed by atoms with Crippen molar-refractivity contribution >= 4 is 27.6 Å². The summed E-state index contributed by atoms with van der Waals surface area (Å²) in [5.41, 5.74) is 5.97. The van der Waals surface area contributed by atoms with E-state index in [0.29, 0.717) is 25.1 Å². The highest BCUT2D eigenvalue weighted by molar-refractivity contribution is 6.13. The third-order valence-corrected chi connectivity index (χ3v) is 7.23. The van der Waals surface area contributed by atoms with Crippen LogP contribution in [0.5, 0.6) is 5.75 Å². The van der Waals surface area contributed by atoms with Crippen LogP contribution in [-0.2, 0) is 6.54 Å². The summed E-state index contributed by atoms with van der Waals surface area (Å²) < 4.78 is 8.12. The molecule has 0 aliphatic carbocycles. The van der Waals surface area contributed by atoms with Gasteiger partial charge < -0.3 is 14.4 Å². The van der Waals surface area contributed by atoms with Crippen molar-refractivity contribution in [1.82, 2.24) is 9.55 Å². The molecule has 5 heteroatoms. The van der Waals surface area contributed by atoms with Gasteiger partial charge in [-0.1, -0.05) is 72.8 Å². The maximum atomic E-state index is 12.8. The van der Waals surface area contributed by atoms with Crippen molar-refractivity contribution in [1.29, 1.82) is 0 Å². The number of rotatable bonds is 8. The van der Waals surface area contributed by atoms with E-state index in [1.807, 2.05) is 65.2 Å². The lowest BCUT2D eigenvalue weighted by molar-refractivity contribution is 0.0686. The van der Waals surface area contributed by atoms with Gasteiger partial charge in [0.15, 0.2) is 0 Å². The molecule has 0 bridgehead atoms. The van der Waals surface area contributed by atoms with Gasteiger partial charge in [-0.05, 0) is 65.3 Å². The number of aromatic nitrogens is 2. The van der Waals surface area contributed by atoms with Gasteiger partial charge in [-0.15, -0.1) is 0 Å². The van der Waals surface area contributed by atoms with E-state index in [4.69, 9.17) is 4.74 Å². The molecule has 4 aromatic carbocycles. The molecule has 2 heterocycles. The van der Waals surface area contributed by atoms with Gasteiger partial charge in [0.2, 0.25) is 0 Å². The van der Waals surface area contributed by atoms with Crippen LogP contribution in [0.4, 0.5) is 0 Å². The van der Waals surface area contributed by atoms with Gasteiger partial charge in [-0.3, -0.25) is 4.98 Å². The molecule has 0 amide bonds. The van der Waals surface area contributed by atoms with Gasteiger partial charge in [0.25, 0.3) is 0 Å². The van der Waals surface area contributed by atoms with E-state index < -0.39 is 5.97 Å². The van der Waals surface area contributed by atoms with Gasteiger partial charge in [-0.25, -0.2) is 4.79 Å². The molecule has 0 unspecified atom stereocenters. The summed E-state index contributed by atoms with van der Waals surface area (Å²) in [6.07, 6.45) is 4.06. The van der Waals surface area contributed by atoms with Gasteiger partial charge in [0.1, 0.15) is 11.4 Å². The minimum atomic E-state index is -0.955. The summed E-state index contributed by atoms with van der Waals surface area (Å²) in [6, 6.07) is 32.3. The van der Waals surface area contributed by atoms with Gasteiger partial charge >= 0.3 is 5.97 Å². The molecule has 1 N–H and O–H groups in total. The minimum absolute atomic E-state index is 0.280. The second-order valence-corrected chi connectivity index (χ2v) is 9.61. The number of hydrogen-bond acceptors (Lipinski definition) is 3. The van der Waals surface area contributed by atoms with Gasteiger partial charge in [0, 0.05) is 40.8 Å². The fourth-order valence-corrected chi connectivity index (χ4v) is 5.48. The van der Waals surface area contributed by atoms with Crippen LogP contribution in [0.2, 0.25) is 0 Å². The Bertz CT molecular complexity index is 1800. The molecule has 0 aliphatic heterocycles. The van der Waals surface area contributed by atoms with Crippen LogP contribution in [0.25, 0.3) is 43.9 Å². The normalized spacial score (nSPS) is 11.2. The summed E-state index contributed by atoms with van der Waals surface area (Å²) in [5.74, 6) is -0.119. The molecule has 2 aromatic heterocycles. The number of carboxylic acid groups (broad SMARTS) is 1. The summed E-state index contributed by atoms with van der Waals surface area (Å²) in [5, 5.41) is 13.6. The highest BCUT2D eigenvalue weighted by Gasteiger charge is 2.26. The van der Waals surface area contributed by atoms with Crippen LogP contribution in [0, 0.1) is 6.92 Å². The first kappa shape index (κ1) is 24.4. The second kappa shape index (κ2) is 10.5. The van der Waals surface area contributed by atoms with Crippen molar-refractivity contribution in [3.63, 3.8) is 0 Å². The number of nitrogens with zero attached hydrogens (tertiary/aromatic N) is 2. The lowest BCUT2D eigenvalue weighted by Gasteiger charge is -2.12. The Morgan fingerprint density at radius 3 is 2.38 bits per heavy atom. The van der Waals surface area contributed by atoms with Crippen molar-refractivity contribution in [2.45, 2.75) is 19.9 Å². The zero-order valence-electron chi connectivity index (χ0n) is 21.7. The van der Waals surface area contributed by atoms with E-state index in [0.717, 1.165) is 49.7 Å². The zero-order chi connectivity index (χ0) is 26.8. The van der Waals surface area contributed by atoms with Crippen molar-refractivity contribution in [2.24, 2.45) is 0 Å². The first-order chi connectivity index (χ1) is 19.1. The van der Waals surface area contributed by atoms with E-state index >= 15 is 0 Å². The molecule has 0 aliphatic rings. The quantitative estimate of drug-likeness (QED) is 0.210. The number of aryl methyl sites for hydroxylation is 2. The van der Waals surface area contributed by atoms with Crippen molar-refractivity contribution < 1.29 is 14.6 Å². The fourth-order valence-electron chi connectivity index (χ4n) is 5.48. The Morgan fingerprint density at radius 1 is 0.846 bits per heavy atom. The maximum Gasteiger partial charge on any atom is 0.353 e. The lowest BCUT2D eigenvalue weighted by Crippen LogP contribution is -2.12. The van der Waals surface area contributed by atoms with Crippen LogP contribution in [0.1, 0.15) is 22.5 Å². The van der Waals surface area contributed by atoms with Crippen LogP contribution >= 0.6 is 0 Å². The number of carbonyl (C=O) groups is 1. The highest BCUT2D eigenvalue weighted by atomic mass is 16.5. The molecule has 0 spiro atoms. The number of carboxylic acids is 1. The molecule has 192 valence electrons. The highest BCUT2D eigenvalue weighted by Crippen LogP contribution is 2.41. The van der Waals surface area contributed by atoms with Crippen molar-refractivity contribution in [2.75, 3.05) is 6.61 Å². The van der Waals surface area contributed by atoms with E-state index in [9.17, 15) is 9.90 Å². The predicted octanol–water partition coefficient (Wildman–Crippen LogP) is 8.00. The largest absolute Gasteiger partial charge is 0.493 e.